The van der Waals surface area contributed by atoms with Gasteiger partial charge in [-0.2, -0.15) is 0 Å². The van der Waals surface area contributed by atoms with Crippen LogP contribution in [0.25, 0.3) is 0 Å². The normalized spacial score (nSPS) is 36.5. The van der Waals surface area contributed by atoms with Crippen molar-refractivity contribution in [2.45, 2.75) is 43.9 Å². The number of hydrogen-bond donors (Lipinski definition) is 1. The molecule has 3 heteroatoms. The van der Waals surface area contributed by atoms with Crippen molar-refractivity contribution in [2.75, 3.05) is 7.05 Å². The van der Waals surface area contributed by atoms with Gasteiger partial charge in [-0.25, -0.2) is 0 Å². The summed E-state index contributed by atoms with van der Waals surface area (Å²) < 4.78 is 5.30. The quantitative estimate of drug-likeness (QED) is 0.831. The Bertz CT molecular complexity index is 335. The van der Waals surface area contributed by atoms with E-state index in [1.807, 2.05) is 12.1 Å². The number of rotatable bonds is 2. The molecule has 0 amide bonds. The fourth-order valence-electron chi connectivity index (χ4n) is 3.40. The third-order valence-corrected chi connectivity index (χ3v) is 4.42. The van der Waals surface area contributed by atoms with Gasteiger partial charge in [0.25, 0.3) is 0 Å². The van der Waals surface area contributed by atoms with E-state index in [2.05, 4.69) is 11.9 Å². The molecule has 3 rings (SSSR count). The molecule has 0 radical (unpaired) electrons. The first-order valence-corrected chi connectivity index (χ1v) is 6.19. The van der Waals surface area contributed by atoms with Gasteiger partial charge in [0.15, 0.2) is 0 Å². The molecule has 16 heavy (non-hydrogen) atoms. The van der Waals surface area contributed by atoms with Crippen molar-refractivity contribution < 1.29 is 9.52 Å². The van der Waals surface area contributed by atoms with Crippen molar-refractivity contribution in [1.29, 1.82) is 0 Å². The van der Waals surface area contributed by atoms with Crippen LogP contribution in [0.2, 0.25) is 0 Å². The lowest BCUT2D eigenvalue weighted by Crippen LogP contribution is -2.41. The Morgan fingerprint density at radius 3 is 2.62 bits per heavy atom. The first-order chi connectivity index (χ1) is 7.75. The molecule has 3 atom stereocenters. The average molecular weight is 221 g/mol. The smallest absolute Gasteiger partial charge is 0.132 e. The van der Waals surface area contributed by atoms with E-state index in [1.165, 1.54) is 12.8 Å². The molecule has 3 heterocycles. The summed E-state index contributed by atoms with van der Waals surface area (Å²) >= 11 is 0. The Balaban J connectivity index is 1.73. The average Bonchev–Trinajstić information content (AvgIpc) is 2.85. The molecule has 3 unspecified atom stereocenters. The first-order valence-electron chi connectivity index (χ1n) is 6.19. The van der Waals surface area contributed by atoms with Crippen LogP contribution in [-0.2, 0) is 0 Å². The molecule has 1 aromatic heterocycles. The molecule has 2 aliphatic rings. The standard InChI is InChI=1S/C13H19NO2/c1-14-10-4-5-11(14)8-9(7-10)13(15)12-3-2-6-16-12/h2-3,6,9-11,13,15H,4-5,7-8H2,1H3. The van der Waals surface area contributed by atoms with Crippen LogP contribution in [0.1, 0.15) is 37.5 Å². The Kier molecular flexibility index (Phi) is 2.52. The number of aliphatic hydroxyl groups excluding tert-OH is 1. The van der Waals surface area contributed by atoms with Crippen molar-refractivity contribution in [3.8, 4) is 0 Å². The topological polar surface area (TPSA) is 36.6 Å². The number of aliphatic hydroxyl groups is 1. The Hall–Kier alpha value is -0.800. The number of hydrogen-bond acceptors (Lipinski definition) is 3. The highest BCUT2D eigenvalue weighted by Crippen LogP contribution is 2.42. The molecule has 88 valence electrons. The molecule has 0 aliphatic carbocycles. The predicted molar refractivity (Wildman–Crippen MR) is 61.0 cm³/mol. The molecule has 2 bridgehead atoms. The zero-order valence-electron chi connectivity index (χ0n) is 9.67. The van der Waals surface area contributed by atoms with E-state index in [0.29, 0.717) is 18.0 Å². The molecular formula is C13H19NO2. The van der Waals surface area contributed by atoms with Gasteiger partial charge in [0.05, 0.1) is 6.26 Å². The van der Waals surface area contributed by atoms with E-state index in [1.54, 1.807) is 6.26 Å². The van der Waals surface area contributed by atoms with E-state index in [0.717, 1.165) is 18.6 Å². The van der Waals surface area contributed by atoms with Crippen LogP contribution in [0, 0.1) is 5.92 Å². The largest absolute Gasteiger partial charge is 0.467 e. The fraction of sp³-hybridized carbons (Fsp3) is 0.692. The zero-order valence-corrected chi connectivity index (χ0v) is 9.67. The summed E-state index contributed by atoms with van der Waals surface area (Å²) in [4.78, 5) is 2.49. The summed E-state index contributed by atoms with van der Waals surface area (Å²) in [6.45, 7) is 0. The maximum Gasteiger partial charge on any atom is 0.132 e. The zero-order chi connectivity index (χ0) is 11.1. The minimum atomic E-state index is -0.410. The summed E-state index contributed by atoms with van der Waals surface area (Å²) in [7, 11) is 2.22. The van der Waals surface area contributed by atoms with Gasteiger partial charge in [-0.15, -0.1) is 0 Å². The maximum absolute atomic E-state index is 10.3. The van der Waals surface area contributed by atoms with Crippen molar-refractivity contribution in [3.63, 3.8) is 0 Å². The van der Waals surface area contributed by atoms with Gasteiger partial charge in [0.2, 0.25) is 0 Å². The van der Waals surface area contributed by atoms with Gasteiger partial charge >= 0.3 is 0 Å². The summed E-state index contributed by atoms with van der Waals surface area (Å²) in [5, 5.41) is 10.3. The van der Waals surface area contributed by atoms with Gasteiger partial charge in [-0.05, 0) is 50.8 Å². The highest BCUT2D eigenvalue weighted by atomic mass is 16.4. The van der Waals surface area contributed by atoms with E-state index in [-0.39, 0.29) is 0 Å². The minimum Gasteiger partial charge on any atom is -0.467 e. The summed E-state index contributed by atoms with van der Waals surface area (Å²) in [5.74, 6) is 1.11. The van der Waals surface area contributed by atoms with Gasteiger partial charge in [0.1, 0.15) is 11.9 Å². The number of piperidine rings is 1. The molecule has 1 N–H and O–H groups in total. The Morgan fingerprint density at radius 2 is 2.06 bits per heavy atom. The van der Waals surface area contributed by atoms with Crippen LogP contribution in [0.5, 0.6) is 0 Å². The lowest BCUT2D eigenvalue weighted by Gasteiger charge is -2.37. The van der Waals surface area contributed by atoms with Crippen LogP contribution in [0.4, 0.5) is 0 Å². The van der Waals surface area contributed by atoms with Crippen LogP contribution in [0.3, 0.4) is 0 Å². The van der Waals surface area contributed by atoms with Crippen molar-refractivity contribution in [3.05, 3.63) is 24.2 Å². The Morgan fingerprint density at radius 1 is 1.38 bits per heavy atom. The van der Waals surface area contributed by atoms with Crippen LogP contribution in [-0.4, -0.2) is 29.1 Å². The highest BCUT2D eigenvalue weighted by molar-refractivity contribution is 5.06. The molecule has 3 nitrogen and oxygen atoms in total. The molecule has 2 aliphatic heterocycles. The van der Waals surface area contributed by atoms with Gasteiger partial charge in [0, 0.05) is 12.1 Å². The number of fused-ring (bicyclic) bond motifs is 2. The molecule has 1 aromatic rings. The van der Waals surface area contributed by atoms with Crippen LogP contribution >= 0.6 is 0 Å². The van der Waals surface area contributed by atoms with Gasteiger partial charge in [-0.3, -0.25) is 0 Å². The monoisotopic (exact) mass is 221 g/mol. The van der Waals surface area contributed by atoms with Gasteiger partial charge in [-0.1, -0.05) is 0 Å². The third kappa shape index (κ3) is 1.59. The van der Waals surface area contributed by atoms with E-state index >= 15 is 0 Å². The molecule has 2 saturated heterocycles. The summed E-state index contributed by atoms with van der Waals surface area (Å²) in [5.41, 5.74) is 0. The number of furan rings is 1. The number of nitrogens with zero attached hydrogens (tertiary/aromatic N) is 1. The molecule has 0 spiro atoms. The van der Waals surface area contributed by atoms with E-state index in [9.17, 15) is 5.11 Å². The maximum atomic E-state index is 10.3. The lowest BCUT2D eigenvalue weighted by molar-refractivity contribution is 0.0235. The second-order valence-corrected chi connectivity index (χ2v) is 5.24. The molecule has 0 saturated carbocycles. The SMILES string of the molecule is CN1C2CCC1CC(C(O)c1ccco1)C2. The fourth-order valence-corrected chi connectivity index (χ4v) is 3.40. The van der Waals surface area contributed by atoms with E-state index in [4.69, 9.17) is 4.42 Å². The summed E-state index contributed by atoms with van der Waals surface area (Å²) in [6, 6.07) is 5.08. The first kappa shape index (κ1) is 10.4. The molecule has 2 fully saturated rings. The van der Waals surface area contributed by atoms with Crippen LogP contribution in [0.15, 0.2) is 22.8 Å². The molecular weight excluding hydrogens is 202 g/mol. The van der Waals surface area contributed by atoms with Crippen molar-refractivity contribution >= 4 is 0 Å². The van der Waals surface area contributed by atoms with Gasteiger partial charge < -0.3 is 14.4 Å². The third-order valence-electron chi connectivity index (χ3n) is 4.42. The summed E-state index contributed by atoms with van der Waals surface area (Å²) in [6.07, 6.45) is 6.03. The van der Waals surface area contributed by atoms with E-state index < -0.39 is 6.10 Å². The minimum absolute atomic E-state index is 0.375. The highest BCUT2D eigenvalue weighted by Gasteiger charge is 2.41. The van der Waals surface area contributed by atoms with Crippen LogP contribution < -0.4 is 0 Å². The van der Waals surface area contributed by atoms with Crippen molar-refractivity contribution in [2.24, 2.45) is 5.92 Å². The second kappa shape index (κ2) is 3.90. The lowest BCUT2D eigenvalue weighted by atomic mass is 9.86. The predicted octanol–water partition coefficient (Wildman–Crippen LogP) is 2.19. The Labute approximate surface area is 96.1 Å². The van der Waals surface area contributed by atoms with Crippen molar-refractivity contribution in [1.82, 2.24) is 4.90 Å². The second-order valence-electron chi connectivity index (χ2n) is 5.24. The molecule has 0 aromatic carbocycles.